The van der Waals surface area contributed by atoms with Crippen molar-refractivity contribution in [3.05, 3.63) is 72.6 Å². The molecular formula is C30H31F2N5O6S. The van der Waals surface area contributed by atoms with Crippen LogP contribution in [0.25, 0.3) is 22.0 Å². The summed E-state index contributed by atoms with van der Waals surface area (Å²) in [6.45, 7) is 6.97. The van der Waals surface area contributed by atoms with Crippen LogP contribution in [0.2, 0.25) is 0 Å². The number of nitrogens with zero attached hydrogens (tertiary/aromatic N) is 5. The number of anilines is 3. The molecule has 0 bridgehead atoms. The summed E-state index contributed by atoms with van der Waals surface area (Å²) in [5.41, 5.74) is -0.311. The van der Waals surface area contributed by atoms with Crippen molar-refractivity contribution in [3.63, 3.8) is 0 Å². The second-order valence-electron chi connectivity index (χ2n) is 11.1. The van der Waals surface area contributed by atoms with E-state index in [0.29, 0.717) is 41.7 Å². The van der Waals surface area contributed by atoms with Gasteiger partial charge in [-0.2, -0.15) is 8.42 Å². The summed E-state index contributed by atoms with van der Waals surface area (Å²) in [5.74, 6) is -1.83. The van der Waals surface area contributed by atoms with Crippen molar-refractivity contribution in [1.29, 1.82) is 0 Å². The summed E-state index contributed by atoms with van der Waals surface area (Å²) < 4.78 is 77.3. The molecule has 0 spiro atoms. The number of halogens is 2. The van der Waals surface area contributed by atoms with Gasteiger partial charge in [0.25, 0.3) is 0 Å². The lowest BCUT2D eigenvalue weighted by Crippen LogP contribution is -2.50. The Kier molecular flexibility index (Phi) is 8.32. The normalized spacial score (nSPS) is 14.1. The highest BCUT2D eigenvalue weighted by atomic mass is 32.2. The van der Waals surface area contributed by atoms with Gasteiger partial charge in [0.2, 0.25) is 5.88 Å². The maximum absolute atomic E-state index is 16.4. The average molecular weight is 628 g/mol. The van der Waals surface area contributed by atoms with Gasteiger partial charge in [0.1, 0.15) is 22.9 Å². The standard InChI is InChI=1S/C30H31F2N5O6S/c1-30(2,3)43-29(38)36-15-13-35(14-16-36)24-11-12-33-22-10-9-20(27(32)26(22)24)19-17-25(28(42-4)34-18-19)37(44(39,40)41)23-8-6-5-7-21(23)31/h5-12,17-18H,13-16H2,1-4H3,(H,39,40,41). The summed E-state index contributed by atoms with van der Waals surface area (Å²) in [4.78, 5) is 24.6. The fourth-order valence-electron chi connectivity index (χ4n) is 5.02. The van der Waals surface area contributed by atoms with Gasteiger partial charge in [-0.1, -0.05) is 12.1 Å². The number of carbonyl (C=O) groups excluding carboxylic acids is 1. The van der Waals surface area contributed by atoms with Gasteiger partial charge in [-0.15, -0.1) is 0 Å². The van der Waals surface area contributed by atoms with Crippen LogP contribution < -0.4 is 13.9 Å². The van der Waals surface area contributed by atoms with Gasteiger partial charge in [-0.3, -0.25) is 9.54 Å². The van der Waals surface area contributed by atoms with Crippen LogP contribution in [0.5, 0.6) is 5.88 Å². The van der Waals surface area contributed by atoms with E-state index in [1.165, 1.54) is 37.6 Å². The lowest BCUT2D eigenvalue weighted by molar-refractivity contribution is 0.0240. The molecule has 1 fully saturated rings. The third-order valence-electron chi connectivity index (χ3n) is 6.95. The van der Waals surface area contributed by atoms with Gasteiger partial charge >= 0.3 is 16.4 Å². The predicted molar refractivity (Wildman–Crippen MR) is 162 cm³/mol. The Hall–Kier alpha value is -4.56. The Bertz CT molecular complexity index is 1820. The molecular weight excluding hydrogens is 596 g/mol. The van der Waals surface area contributed by atoms with Gasteiger partial charge in [0.05, 0.1) is 29.4 Å². The molecule has 0 unspecified atom stereocenters. The van der Waals surface area contributed by atoms with Crippen LogP contribution in [0.3, 0.4) is 0 Å². The lowest BCUT2D eigenvalue weighted by Gasteiger charge is -2.37. The first-order chi connectivity index (χ1) is 20.8. The summed E-state index contributed by atoms with van der Waals surface area (Å²) in [6, 6.07) is 11.0. The number of methoxy groups -OCH3 is 1. The molecule has 1 amide bonds. The Morgan fingerprint density at radius 3 is 2.34 bits per heavy atom. The van der Waals surface area contributed by atoms with E-state index in [1.807, 2.05) is 4.90 Å². The van der Waals surface area contributed by atoms with Gasteiger partial charge in [-0.05, 0) is 57.2 Å². The first kappa shape index (κ1) is 30.9. The number of benzene rings is 2. The molecule has 0 aliphatic carbocycles. The molecule has 5 rings (SSSR count). The summed E-state index contributed by atoms with van der Waals surface area (Å²) >= 11 is 0. The third-order valence-corrected chi connectivity index (χ3v) is 7.81. The second-order valence-corrected chi connectivity index (χ2v) is 12.3. The number of para-hydroxylation sites is 1. The molecule has 3 heterocycles. The van der Waals surface area contributed by atoms with Crippen LogP contribution in [0.1, 0.15) is 20.8 Å². The first-order valence-corrected chi connectivity index (χ1v) is 15.0. The number of piperazine rings is 1. The minimum Gasteiger partial charge on any atom is -0.479 e. The van der Waals surface area contributed by atoms with E-state index >= 15 is 4.39 Å². The van der Waals surface area contributed by atoms with Gasteiger partial charge in [0, 0.05) is 49.7 Å². The second kappa shape index (κ2) is 11.8. The van der Waals surface area contributed by atoms with Crippen molar-refractivity contribution in [3.8, 4) is 17.0 Å². The fraction of sp³-hybridized carbons (Fsp3) is 0.300. The molecule has 1 N–H and O–H groups in total. The van der Waals surface area contributed by atoms with Crippen molar-refractivity contribution in [1.82, 2.24) is 14.9 Å². The lowest BCUT2D eigenvalue weighted by atomic mass is 10.0. The molecule has 14 heteroatoms. The summed E-state index contributed by atoms with van der Waals surface area (Å²) in [7, 11) is -3.86. The molecule has 0 saturated carbocycles. The zero-order valence-electron chi connectivity index (χ0n) is 24.5. The molecule has 0 atom stereocenters. The number of aromatic nitrogens is 2. The Balaban J connectivity index is 1.55. The Morgan fingerprint density at radius 2 is 1.70 bits per heavy atom. The van der Waals surface area contributed by atoms with Gasteiger partial charge in [0.15, 0.2) is 0 Å². The van der Waals surface area contributed by atoms with Gasteiger partial charge < -0.3 is 19.3 Å². The molecule has 2 aromatic carbocycles. The molecule has 4 aromatic rings. The van der Waals surface area contributed by atoms with Crippen LogP contribution in [0, 0.1) is 11.6 Å². The summed E-state index contributed by atoms with van der Waals surface area (Å²) in [6.07, 6.45) is 2.44. The van der Waals surface area contributed by atoms with E-state index in [9.17, 15) is 22.2 Å². The minimum absolute atomic E-state index is 0.0550. The molecule has 1 aliphatic rings. The third kappa shape index (κ3) is 6.21. The van der Waals surface area contributed by atoms with Crippen molar-refractivity contribution in [2.75, 3.05) is 42.5 Å². The zero-order chi connectivity index (χ0) is 31.8. The molecule has 2 aromatic heterocycles. The van der Waals surface area contributed by atoms with Crippen molar-refractivity contribution >= 4 is 44.4 Å². The average Bonchev–Trinajstić information content (AvgIpc) is 2.97. The SMILES string of the molecule is COc1ncc(-c2ccc3nccc(N4CCN(C(=O)OC(C)(C)C)CC4)c3c2F)cc1N(c1ccccc1F)S(=O)(=O)O. The number of hydrogen-bond acceptors (Lipinski definition) is 8. The monoisotopic (exact) mass is 627 g/mol. The van der Waals surface area contributed by atoms with Crippen molar-refractivity contribution < 1.29 is 36.0 Å². The van der Waals surface area contributed by atoms with Crippen LogP contribution in [-0.2, 0) is 15.0 Å². The van der Waals surface area contributed by atoms with Gasteiger partial charge in [-0.25, -0.2) is 22.9 Å². The van der Waals surface area contributed by atoms with E-state index in [2.05, 4.69) is 9.97 Å². The van der Waals surface area contributed by atoms with E-state index < -0.39 is 39.3 Å². The molecule has 232 valence electrons. The number of hydrogen-bond donors (Lipinski definition) is 1. The quantitative estimate of drug-likeness (QED) is 0.273. The molecule has 0 radical (unpaired) electrons. The molecule has 1 saturated heterocycles. The number of fused-ring (bicyclic) bond motifs is 1. The van der Waals surface area contributed by atoms with Crippen LogP contribution in [0.4, 0.5) is 30.6 Å². The molecule has 1 aliphatic heterocycles. The number of pyridine rings is 2. The Labute approximate surface area is 253 Å². The highest BCUT2D eigenvalue weighted by molar-refractivity contribution is 7.87. The van der Waals surface area contributed by atoms with Crippen LogP contribution in [-0.4, -0.2) is 72.8 Å². The smallest absolute Gasteiger partial charge is 0.410 e. The largest absolute Gasteiger partial charge is 0.479 e. The van der Waals surface area contributed by atoms with Crippen molar-refractivity contribution in [2.45, 2.75) is 26.4 Å². The maximum atomic E-state index is 16.4. The van der Waals surface area contributed by atoms with E-state index in [0.717, 1.165) is 12.1 Å². The number of carbonyl (C=O) groups is 1. The van der Waals surface area contributed by atoms with E-state index in [4.69, 9.17) is 9.47 Å². The van der Waals surface area contributed by atoms with Crippen LogP contribution in [0.15, 0.2) is 60.9 Å². The van der Waals surface area contributed by atoms with E-state index in [-0.39, 0.29) is 28.1 Å². The number of ether oxygens (including phenoxy) is 2. The summed E-state index contributed by atoms with van der Waals surface area (Å²) in [5, 5.41) is 0.217. The first-order valence-electron chi connectivity index (χ1n) is 13.7. The highest BCUT2D eigenvalue weighted by Gasteiger charge is 2.30. The van der Waals surface area contributed by atoms with Crippen LogP contribution >= 0.6 is 0 Å². The molecule has 11 nitrogen and oxygen atoms in total. The highest BCUT2D eigenvalue weighted by Crippen LogP contribution is 2.40. The minimum atomic E-state index is -5.09. The number of amides is 1. The molecule has 44 heavy (non-hydrogen) atoms. The maximum Gasteiger partial charge on any atom is 0.410 e. The number of rotatable bonds is 6. The topological polar surface area (TPSA) is 125 Å². The predicted octanol–water partition coefficient (Wildman–Crippen LogP) is 5.58. The Morgan fingerprint density at radius 1 is 1.00 bits per heavy atom. The zero-order valence-corrected chi connectivity index (χ0v) is 25.3. The van der Waals surface area contributed by atoms with E-state index in [1.54, 1.807) is 44.0 Å². The fourth-order valence-corrected chi connectivity index (χ4v) is 5.79. The van der Waals surface area contributed by atoms with Crippen molar-refractivity contribution in [2.24, 2.45) is 0 Å².